The molecule has 4 rings (SSSR count). The second-order valence-corrected chi connectivity index (χ2v) is 7.11. The molecular weight excluding hydrogens is 354 g/mol. The lowest BCUT2D eigenvalue weighted by molar-refractivity contribution is 0.326. The summed E-state index contributed by atoms with van der Waals surface area (Å²) in [5.74, 6) is 2.10. The number of halogens is 1. The molecule has 120 valence electrons. The van der Waals surface area contributed by atoms with Crippen molar-refractivity contribution < 1.29 is 4.74 Å². The van der Waals surface area contributed by atoms with E-state index in [1.54, 1.807) is 0 Å². The van der Waals surface area contributed by atoms with Crippen molar-refractivity contribution in [3.05, 3.63) is 28.5 Å². The van der Waals surface area contributed by atoms with Gasteiger partial charge in [0.15, 0.2) is 0 Å². The van der Waals surface area contributed by atoms with E-state index < -0.39 is 0 Å². The summed E-state index contributed by atoms with van der Waals surface area (Å²) in [6, 6.07) is 6.23. The molecule has 0 bridgehead atoms. The Morgan fingerprint density at radius 3 is 2.83 bits per heavy atom. The fourth-order valence-electron chi connectivity index (χ4n) is 3.51. The topological polar surface area (TPSA) is 50.8 Å². The van der Waals surface area contributed by atoms with Crippen LogP contribution in [-0.2, 0) is 0 Å². The molecule has 4 nitrogen and oxygen atoms in total. The highest BCUT2D eigenvalue weighted by atomic mass is 79.9. The van der Waals surface area contributed by atoms with Crippen molar-refractivity contribution in [1.29, 1.82) is 0 Å². The summed E-state index contributed by atoms with van der Waals surface area (Å²) in [5, 5.41) is 1.13. The highest BCUT2D eigenvalue weighted by Gasteiger charge is 2.22. The van der Waals surface area contributed by atoms with E-state index >= 15 is 0 Å². The Labute approximate surface area is 143 Å². The lowest BCUT2D eigenvalue weighted by Crippen LogP contribution is -2.10. The van der Waals surface area contributed by atoms with Crippen molar-refractivity contribution in [1.82, 2.24) is 15.0 Å². The summed E-state index contributed by atoms with van der Waals surface area (Å²) in [6.45, 7) is 2.60. The fourth-order valence-corrected chi connectivity index (χ4v) is 3.87. The van der Waals surface area contributed by atoms with E-state index in [1.807, 2.05) is 6.92 Å². The van der Waals surface area contributed by atoms with Gasteiger partial charge in [0, 0.05) is 21.3 Å². The summed E-state index contributed by atoms with van der Waals surface area (Å²) in [6.07, 6.45) is 6.25. The number of rotatable bonds is 3. The SMILES string of the molecule is CCOc1nc(C2CCCCC2)nc2c1[nH]c1cc(Br)ccc12. The smallest absolute Gasteiger partial charge is 0.241 e. The van der Waals surface area contributed by atoms with Gasteiger partial charge in [-0.3, -0.25) is 0 Å². The number of benzene rings is 1. The van der Waals surface area contributed by atoms with E-state index in [4.69, 9.17) is 14.7 Å². The monoisotopic (exact) mass is 373 g/mol. The normalized spacial score (nSPS) is 16.3. The number of aromatic amines is 1. The van der Waals surface area contributed by atoms with Gasteiger partial charge in [-0.25, -0.2) is 4.98 Å². The standard InChI is InChI=1S/C18H20BrN3O/c1-2-23-18-16-15(13-9-8-12(19)10-14(13)20-16)21-17(22-18)11-6-4-3-5-7-11/h8-11,20H,2-7H2,1H3. The fraction of sp³-hybridized carbons (Fsp3) is 0.444. The Morgan fingerprint density at radius 2 is 2.04 bits per heavy atom. The number of ether oxygens (including phenoxy) is 1. The lowest BCUT2D eigenvalue weighted by Gasteiger charge is -2.20. The summed E-state index contributed by atoms with van der Waals surface area (Å²) in [7, 11) is 0. The molecule has 0 unspecified atom stereocenters. The molecule has 0 spiro atoms. The Bertz CT molecular complexity index is 852. The van der Waals surface area contributed by atoms with E-state index in [9.17, 15) is 0 Å². The Hall–Kier alpha value is -1.62. The summed E-state index contributed by atoms with van der Waals surface area (Å²) < 4.78 is 6.87. The van der Waals surface area contributed by atoms with Crippen molar-refractivity contribution in [2.45, 2.75) is 44.9 Å². The molecule has 5 heteroatoms. The Morgan fingerprint density at radius 1 is 1.22 bits per heavy atom. The first-order chi connectivity index (χ1) is 11.3. The third-order valence-corrected chi connectivity index (χ3v) is 5.13. The van der Waals surface area contributed by atoms with Crippen molar-refractivity contribution in [2.24, 2.45) is 0 Å². The van der Waals surface area contributed by atoms with Gasteiger partial charge in [-0.05, 0) is 38.0 Å². The lowest BCUT2D eigenvalue weighted by atomic mass is 9.88. The molecule has 0 saturated heterocycles. The largest absolute Gasteiger partial charge is 0.476 e. The van der Waals surface area contributed by atoms with Crippen LogP contribution in [-0.4, -0.2) is 21.6 Å². The van der Waals surface area contributed by atoms with Crippen molar-refractivity contribution in [3.8, 4) is 5.88 Å². The molecule has 1 saturated carbocycles. The van der Waals surface area contributed by atoms with Crippen LogP contribution >= 0.6 is 15.9 Å². The minimum atomic E-state index is 0.466. The molecule has 2 heterocycles. The predicted octanol–water partition coefficient (Wildman–Crippen LogP) is 5.32. The van der Waals surface area contributed by atoms with Crippen LogP contribution < -0.4 is 4.74 Å². The highest BCUT2D eigenvalue weighted by molar-refractivity contribution is 9.10. The zero-order valence-corrected chi connectivity index (χ0v) is 14.8. The van der Waals surface area contributed by atoms with Crippen LogP contribution in [0.3, 0.4) is 0 Å². The number of nitrogens with zero attached hydrogens (tertiary/aromatic N) is 2. The second kappa shape index (κ2) is 6.11. The van der Waals surface area contributed by atoms with Gasteiger partial charge in [-0.1, -0.05) is 35.2 Å². The number of H-pyrrole nitrogens is 1. The van der Waals surface area contributed by atoms with Gasteiger partial charge in [0.1, 0.15) is 16.9 Å². The molecule has 0 atom stereocenters. The maximum atomic E-state index is 5.82. The van der Waals surface area contributed by atoms with Gasteiger partial charge >= 0.3 is 0 Å². The molecule has 0 radical (unpaired) electrons. The molecule has 23 heavy (non-hydrogen) atoms. The van der Waals surface area contributed by atoms with Crippen LogP contribution in [0.4, 0.5) is 0 Å². The molecule has 1 aliphatic rings. The number of hydrogen-bond donors (Lipinski definition) is 1. The van der Waals surface area contributed by atoms with Crippen LogP contribution in [0.5, 0.6) is 5.88 Å². The van der Waals surface area contributed by atoms with Crippen molar-refractivity contribution >= 4 is 37.9 Å². The van der Waals surface area contributed by atoms with Crippen LogP contribution in [0.2, 0.25) is 0 Å². The molecule has 3 aromatic rings. The second-order valence-electron chi connectivity index (χ2n) is 6.19. The first-order valence-electron chi connectivity index (χ1n) is 8.38. The zero-order valence-electron chi connectivity index (χ0n) is 13.2. The summed E-state index contributed by atoms with van der Waals surface area (Å²) >= 11 is 3.53. The van der Waals surface area contributed by atoms with Gasteiger partial charge < -0.3 is 9.72 Å². The molecule has 1 N–H and O–H groups in total. The summed E-state index contributed by atoms with van der Waals surface area (Å²) in [4.78, 5) is 13.1. The Balaban J connectivity index is 1.93. The van der Waals surface area contributed by atoms with E-state index in [0.717, 1.165) is 32.2 Å². The first kappa shape index (κ1) is 14.9. The number of nitrogens with one attached hydrogen (secondary N) is 1. The third-order valence-electron chi connectivity index (χ3n) is 4.64. The van der Waals surface area contributed by atoms with Gasteiger partial charge in [0.05, 0.1) is 6.61 Å². The zero-order chi connectivity index (χ0) is 15.8. The molecule has 1 aromatic carbocycles. The van der Waals surface area contributed by atoms with E-state index in [2.05, 4.69) is 39.1 Å². The highest BCUT2D eigenvalue weighted by Crippen LogP contribution is 2.36. The number of hydrogen-bond acceptors (Lipinski definition) is 3. The van der Waals surface area contributed by atoms with E-state index in [0.29, 0.717) is 18.4 Å². The first-order valence-corrected chi connectivity index (χ1v) is 9.17. The quantitative estimate of drug-likeness (QED) is 0.675. The average Bonchev–Trinajstić information content (AvgIpc) is 2.93. The summed E-state index contributed by atoms with van der Waals surface area (Å²) in [5.41, 5.74) is 2.94. The van der Waals surface area contributed by atoms with Crippen LogP contribution in [0, 0.1) is 0 Å². The molecule has 2 aromatic heterocycles. The van der Waals surface area contributed by atoms with Crippen LogP contribution in [0.15, 0.2) is 22.7 Å². The average molecular weight is 374 g/mol. The van der Waals surface area contributed by atoms with Gasteiger partial charge in [-0.2, -0.15) is 4.98 Å². The third kappa shape index (κ3) is 2.71. The molecule has 1 aliphatic carbocycles. The van der Waals surface area contributed by atoms with Crippen LogP contribution in [0.1, 0.15) is 50.8 Å². The minimum absolute atomic E-state index is 0.466. The number of aromatic nitrogens is 3. The van der Waals surface area contributed by atoms with E-state index in [-0.39, 0.29) is 0 Å². The van der Waals surface area contributed by atoms with Crippen molar-refractivity contribution in [2.75, 3.05) is 6.61 Å². The maximum Gasteiger partial charge on any atom is 0.241 e. The molecule has 1 fully saturated rings. The van der Waals surface area contributed by atoms with Gasteiger partial charge in [-0.15, -0.1) is 0 Å². The maximum absolute atomic E-state index is 5.82. The van der Waals surface area contributed by atoms with Gasteiger partial charge in [0.2, 0.25) is 5.88 Å². The molecule has 0 amide bonds. The van der Waals surface area contributed by atoms with Gasteiger partial charge in [0.25, 0.3) is 0 Å². The predicted molar refractivity (Wildman–Crippen MR) is 96.1 cm³/mol. The minimum Gasteiger partial charge on any atom is -0.476 e. The molecular formula is C18H20BrN3O. The van der Waals surface area contributed by atoms with E-state index in [1.165, 1.54) is 32.1 Å². The van der Waals surface area contributed by atoms with Crippen LogP contribution in [0.25, 0.3) is 21.9 Å². The molecule has 0 aliphatic heterocycles. The number of fused-ring (bicyclic) bond motifs is 3. The Kier molecular flexibility index (Phi) is 3.97. The van der Waals surface area contributed by atoms with Crippen molar-refractivity contribution in [3.63, 3.8) is 0 Å².